The molecular weight excluding hydrogens is 354 g/mol. The first-order valence-electron chi connectivity index (χ1n) is 8.41. The Kier molecular flexibility index (Phi) is 6.84. The van der Waals surface area contributed by atoms with Crippen LogP contribution in [-0.2, 0) is 23.0 Å². The van der Waals surface area contributed by atoms with Crippen LogP contribution in [0.15, 0.2) is 53.4 Å². The second-order valence-corrected chi connectivity index (χ2v) is 7.78. The van der Waals surface area contributed by atoms with Crippen LogP contribution in [-0.4, -0.2) is 30.7 Å². The van der Waals surface area contributed by atoms with Crippen LogP contribution >= 0.6 is 0 Å². The van der Waals surface area contributed by atoms with Crippen LogP contribution in [0.5, 0.6) is 0 Å². The lowest BCUT2D eigenvalue weighted by molar-refractivity contribution is -0.385. The summed E-state index contributed by atoms with van der Waals surface area (Å²) in [7, 11) is -3.90. The third kappa shape index (κ3) is 4.66. The summed E-state index contributed by atoms with van der Waals surface area (Å²) in [6, 6.07) is 13.2. The Labute approximate surface area is 153 Å². The normalized spacial score (nSPS) is 11.7. The third-order valence-corrected chi connectivity index (χ3v) is 6.00. The van der Waals surface area contributed by atoms with Crippen molar-refractivity contribution in [1.29, 1.82) is 0 Å². The minimum Gasteiger partial charge on any atom is -0.330 e. The molecule has 0 heterocycles. The fourth-order valence-electron chi connectivity index (χ4n) is 2.67. The molecule has 8 heteroatoms. The van der Waals surface area contributed by atoms with Gasteiger partial charge in [0.15, 0.2) is 0 Å². The zero-order valence-corrected chi connectivity index (χ0v) is 15.5. The number of rotatable bonds is 9. The Morgan fingerprint density at radius 3 is 2.42 bits per heavy atom. The minimum absolute atomic E-state index is 0.0119. The predicted molar refractivity (Wildman–Crippen MR) is 100 cm³/mol. The van der Waals surface area contributed by atoms with Gasteiger partial charge in [-0.2, -0.15) is 4.31 Å². The van der Waals surface area contributed by atoms with Crippen molar-refractivity contribution in [2.45, 2.75) is 31.2 Å². The number of aryl methyl sites for hydroxylation is 1. The summed E-state index contributed by atoms with van der Waals surface area (Å²) < 4.78 is 27.9. The van der Waals surface area contributed by atoms with Crippen molar-refractivity contribution < 1.29 is 13.3 Å². The van der Waals surface area contributed by atoms with Gasteiger partial charge in [-0.05, 0) is 30.5 Å². The zero-order valence-electron chi connectivity index (χ0n) is 14.7. The van der Waals surface area contributed by atoms with Gasteiger partial charge in [-0.25, -0.2) is 8.42 Å². The highest BCUT2D eigenvalue weighted by Gasteiger charge is 2.28. The van der Waals surface area contributed by atoms with E-state index in [1.165, 1.54) is 16.4 Å². The molecule has 2 aromatic rings. The summed E-state index contributed by atoms with van der Waals surface area (Å²) in [5.74, 6) is 0. The van der Waals surface area contributed by atoms with Crippen molar-refractivity contribution in [2.24, 2.45) is 5.73 Å². The summed E-state index contributed by atoms with van der Waals surface area (Å²) >= 11 is 0. The van der Waals surface area contributed by atoms with Gasteiger partial charge < -0.3 is 5.73 Å². The first-order valence-corrected chi connectivity index (χ1v) is 9.85. The Morgan fingerprint density at radius 2 is 1.85 bits per heavy atom. The molecule has 2 aromatic carbocycles. The van der Waals surface area contributed by atoms with E-state index in [1.54, 1.807) is 0 Å². The van der Waals surface area contributed by atoms with Gasteiger partial charge in [0.25, 0.3) is 5.69 Å². The molecule has 0 fully saturated rings. The van der Waals surface area contributed by atoms with E-state index in [4.69, 9.17) is 5.73 Å². The molecule has 140 valence electrons. The molecule has 0 aromatic heterocycles. The van der Waals surface area contributed by atoms with Crippen LogP contribution in [0.1, 0.15) is 24.5 Å². The molecule has 0 unspecified atom stereocenters. The molecule has 0 spiro atoms. The van der Waals surface area contributed by atoms with Crippen molar-refractivity contribution >= 4 is 15.7 Å². The molecule has 0 amide bonds. The largest absolute Gasteiger partial charge is 0.330 e. The van der Waals surface area contributed by atoms with Crippen LogP contribution in [0.25, 0.3) is 0 Å². The smallest absolute Gasteiger partial charge is 0.270 e. The van der Waals surface area contributed by atoms with Crippen molar-refractivity contribution in [3.8, 4) is 0 Å². The number of hydrogen-bond donors (Lipinski definition) is 1. The maximum Gasteiger partial charge on any atom is 0.270 e. The lowest BCUT2D eigenvalue weighted by atomic mass is 10.1. The quantitative estimate of drug-likeness (QED) is 0.534. The maximum absolute atomic E-state index is 13.3. The molecular formula is C18H23N3O4S. The highest BCUT2D eigenvalue weighted by Crippen LogP contribution is 2.27. The molecule has 0 radical (unpaired) electrons. The minimum atomic E-state index is -3.90. The second-order valence-electron chi connectivity index (χ2n) is 5.87. The van der Waals surface area contributed by atoms with Crippen LogP contribution < -0.4 is 5.73 Å². The molecule has 0 atom stereocenters. The average Bonchev–Trinajstić information content (AvgIpc) is 2.65. The molecule has 7 nitrogen and oxygen atoms in total. The van der Waals surface area contributed by atoms with E-state index in [9.17, 15) is 18.5 Å². The third-order valence-electron chi connectivity index (χ3n) is 4.07. The highest BCUT2D eigenvalue weighted by molar-refractivity contribution is 7.89. The van der Waals surface area contributed by atoms with E-state index in [-0.39, 0.29) is 23.7 Å². The van der Waals surface area contributed by atoms with Crippen molar-refractivity contribution in [2.75, 3.05) is 13.1 Å². The number of nitrogens with zero attached hydrogens (tertiary/aromatic N) is 2. The van der Waals surface area contributed by atoms with E-state index < -0.39 is 14.9 Å². The Hall–Kier alpha value is -2.29. The van der Waals surface area contributed by atoms with Gasteiger partial charge in [0.1, 0.15) is 0 Å². The maximum atomic E-state index is 13.3. The number of hydrogen-bond acceptors (Lipinski definition) is 5. The molecule has 0 bridgehead atoms. The number of benzene rings is 2. The lowest BCUT2D eigenvalue weighted by Crippen LogP contribution is -2.33. The number of nitrogens with two attached hydrogens (primary N) is 1. The number of nitro benzene ring substituents is 1. The molecule has 0 saturated carbocycles. The summed E-state index contributed by atoms with van der Waals surface area (Å²) in [6.45, 7) is 2.62. The summed E-state index contributed by atoms with van der Waals surface area (Å²) in [5, 5.41) is 11.1. The van der Waals surface area contributed by atoms with E-state index in [0.717, 1.165) is 11.6 Å². The van der Waals surface area contributed by atoms with Crippen LogP contribution in [0.2, 0.25) is 0 Å². The van der Waals surface area contributed by atoms with Gasteiger partial charge in [-0.15, -0.1) is 0 Å². The molecule has 0 aliphatic heterocycles. The first kappa shape index (κ1) is 20.0. The van der Waals surface area contributed by atoms with E-state index in [2.05, 4.69) is 0 Å². The lowest BCUT2D eigenvalue weighted by Gasteiger charge is -2.23. The van der Waals surface area contributed by atoms with Crippen LogP contribution in [0.3, 0.4) is 0 Å². The number of sulfonamides is 1. The molecule has 26 heavy (non-hydrogen) atoms. The van der Waals surface area contributed by atoms with Gasteiger partial charge in [0, 0.05) is 25.2 Å². The Balaban J connectivity index is 2.48. The van der Waals surface area contributed by atoms with Crippen molar-refractivity contribution in [1.82, 2.24) is 4.31 Å². The van der Waals surface area contributed by atoms with Crippen LogP contribution in [0.4, 0.5) is 5.69 Å². The van der Waals surface area contributed by atoms with Gasteiger partial charge in [-0.3, -0.25) is 10.1 Å². The van der Waals surface area contributed by atoms with Crippen molar-refractivity contribution in [3.63, 3.8) is 0 Å². The van der Waals surface area contributed by atoms with Gasteiger partial charge in [0.05, 0.1) is 9.82 Å². The predicted octanol–water partition coefficient (Wildman–Crippen LogP) is 2.70. The SMILES string of the molecule is CCc1ccc([N+](=O)[O-])cc1S(=O)(=O)N(CCCN)Cc1ccccc1. The second kappa shape index (κ2) is 8.88. The number of non-ortho nitro benzene ring substituents is 1. The highest BCUT2D eigenvalue weighted by atomic mass is 32.2. The molecule has 0 aliphatic rings. The summed E-state index contributed by atoms with van der Waals surface area (Å²) in [4.78, 5) is 10.5. The molecule has 0 aliphatic carbocycles. The summed E-state index contributed by atoms with van der Waals surface area (Å²) in [5.41, 5.74) is 6.73. The molecule has 2 rings (SSSR count). The standard InChI is InChI=1S/C18H23N3O4S/c1-2-16-9-10-17(21(22)23)13-18(16)26(24,25)20(12-6-11-19)14-15-7-4-3-5-8-15/h3-5,7-10,13H,2,6,11-12,14,19H2,1H3. The van der Waals surface area contributed by atoms with Crippen LogP contribution in [0, 0.1) is 10.1 Å². The fourth-order valence-corrected chi connectivity index (χ4v) is 4.45. The summed E-state index contributed by atoms with van der Waals surface area (Å²) in [6.07, 6.45) is 0.963. The zero-order chi connectivity index (χ0) is 19.2. The van der Waals surface area contributed by atoms with Gasteiger partial charge in [0.2, 0.25) is 10.0 Å². The Bertz CT molecular complexity index is 854. The van der Waals surface area contributed by atoms with E-state index >= 15 is 0 Å². The molecule has 0 saturated heterocycles. The first-order chi connectivity index (χ1) is 12.4. The van der Waals surface area contributed by atoms with E-state index in [0.29, 0.717) is 24.9 Å². The number of nitro groups is 1. The fraction of sp³-hybridized carbons (Fsp3) is 0.333. The van der Waals surface area contributed by atoms with Gasteiger partial charge >= 0.3 is 0 Å². The van der Waals surface area contributed by atoms with Gasteiger partial charge in [-0.1, -0.05) is 43.3 Å². The monoisotopic (exact) mass is 377 g/mol. The molecule has 2 N–H and O–H groups in total. The van der Waals surface area contributed by atoms with E-state index in [1.807, 2.05) is 37.3 Å². The average molecular weight is 377 g/mol. The van der Waals surface area contributed by atoms with Crippen molar-refractivity contribution in [3.05, 3.63) is 69.8 Å². The Morgan fingerprint density at radius 1 is 1.15 bits per heavy atom. The topological polar surface area (TPSA) is 107 Å².